The zero-order valence-corrected chi connectivity index (χ0v) is 11.6. The Kier molecular flexibility index (Phi) is 3.48. The van der Waals surface area contributed by atoms with Gasteiger partial charge in [-0.2, -0.15) is 5.10 Å². The third-order valence-electron chi connectivity index (χ3n) is 3.72. The van der Waals surface area contributed by atoms with Crippen molar-refractivity contribution in [1.82, 2.24) is 9.78 Å². The van der Waals surface area contributed by atoms with Gasteiger partial charge in [-0.25, -0.2) is 8.78 Å². The van der Waals surface area contributed by atoms with E-state index in [-0.39, 0.29) is 29.1 Å². The molecule has 1 heterocycles. The second-order valence-corrected chi connectivity index (χ2v) is 5.20. The number of fused-ring (bicyclic) bond motifs is 1. The molecule has 0 saturated heterocycles. The predicted molar refractivity (Wildman–Crippen MR) is 73.5 cm³/mol. The van der Waals surface area contributed by atoms with Crippen LogP contribution in [0.3, 0.4) is 0 Å². The number of nitrogens with two attached hydrogens (primary N) is 1. The molecule has 0 unspecified atom stereocenters. The average molecular weight is 305 g/mol. The highest BCUT2D eigenvalue weighted by atomic mass is 19.1. The van der Waals surface area contributed by atoms with E-state index in [0.717, 1.165) is 12.1 Å². The van der Waals surface area contributed by atoms with E-state index in [0.29, 0.717) is 25.0 Å². The lowest BCUT2D eigenvalue weighted by molar-refractivity contribution is 0.0948. The Morgan fingerprint density at radius 3 is 2.77 bits per heavy atom. The number of rotatable bonds is 3. The lowest BCUT2D eigenvalue weighted by atomic mass is 9.94. The summed E-state index contributed by atoms with van der Waals surface area (Å²) in [6, 6.07) is 3.24. The molecule has 22 heavy (non-hydrogen) atoms. The van der Waals surface area contributed by atoms with Crippen LogP contribution in [0.4, 0.5) is 8.78 Å². The molecule has 0 bridgehead atoms. The van der Waals surface area contributed by atoms with Gasteiger partial charge >= 0.3 is 0 Å². The zero-order chi connectivity index (χ0) is 15.9. The first-order valence-corrected chi connectivity index (χ1v) is 6.84. The van der Waals surface area contributed by atoms with Crippen LogP contribution in [0.1, 0.15) is 44.9 Å². The number of amides is 1. The number of carbonyl (C=O) groups excluding carboxylic acids is 2. The minimum atomic E-state index is -0.787. The molecule has 0 saturated carbocycles. The smallest absolute Gasteiger partial charge is 0.269 e. The highest BCUT2D eigenvalue weighted by molar-refractivity contribution is 6.07. The fourth-order valence-electron chi connectivity index (χ4n) is 2.70. The minimum absolute atomic E-state index is 0.00894. The quantitative estimate of drug-likeness (QED) is 0.939. The van der Waals surface area contributed by atoms with Crippen LogP contribution in [-0.4, -0.2) is 21.5 Å². The molecule has 0 fully saturated rings. The molecule has 7 heteroatoms. The van der Waals surface area contributed by atoms with Crippen LogP contribution in [0.2, 0.25) is 0 Å². The Morgan fingerprint density at radius 1 is 1.32 bits per heavy atom. The van der Waals surface area contributed by atoms with E-state index in [1.54, 1.807) is 0 Å². The SMILES string of the molecule is NC(=O)c1nn(Cc2ccc(F)cc2F)c2c1C(=O)CCC2. The molecule has 2 N–H and O–H groups in total. The molecule has 1 amide bonds. The van der Waals surface area contributed by atoms with Gasteiger partial charge in [0.05, 0.1) is 17.8 Å². The van der Waals surface area contributed by atoms with Gasteiger partial charge in [-0.3, -0.25) is 14.3 Å². The van der Waals surface area contributed by atoms with Crippen LogP contribution in [0.25, 0.3) is 0 Å². The standard InChI is InChI=1S/C15H13F2N3O2/c16-9-5-4-8(10(17)6-9)7-20-11-2-1-3-12(21)13(11)14(19-20)15(18)22/h4-6H,1-3,7H2,(H2,18,22). The maximum absolute atomic E-state index is 13.8. The molecule has 0 aliphatic heterocycles. The number of benzene rings is 1. The fraction of sp³-hybridized carbons (Fsp3) is 0.267. The Hall–Kier alpha value is -2.57. The molecule has 3 rings (SSSR count). The van der Waals surface area contributed by atoms with Gasteiger partial charge in [0.15, 0.2) is 11.5 Å². The van der Waals surface area contributed by atoms with Gasteiger partial charge in [-0.05, 0) is 18.9 Å². The molecule has 0 atom stereocenters. The molecular weight excluding hydrogens is 292 g/mol. The number of hydrogen-bond donors (Lipinski definition) is 1. The van der Waals surface area contributed by atoms with Crippen LogP contribution < -0.4 is 5.73 Å². The van der Waals surface area contributed by atoms with Gasteiger partial charge in [0, 0.05) is 18.1 Å². The van der Waals surface area contributed by atoms with Gasteiger partial charge in [0.2, 0.25) is 0 Å². The van der Waals surface area contributed by atoms with E-state index in [1.165, 1.54) is 10.7 Å². The van der Waals surface area contributed by atoms with E-state index in [1.807, 2.05) is 0 Å². The number of Topliss-reactive ketones (excluding diaryl/α,β-unsaturated/α-hetero) is 1. The van der Waals surface area contributed by atoms with Gasteiger partial charge in [-0.15, -0.1) is 0 Å². The number of nitrogens with zero attached hydrogens (tertiary/aromatic N) is 2. The Labute approximate surface area is 124 Å². The average Bonchev–Trinajstić information content (AvgIpc) is 2.82. The monoisotopic (exact) mass is 305 g/mol. The largest absolute Gasteiger partial charge is 0.364 e. The summed E-state index contributed by atoms with van der Waals surface area (Å²) >= 11 is 0. The number of hydrogen-bond acceptors (Lipinski definition) is 3. The molecule has 1 aromatic heterocycles. The lowest BCUT2D eigenvalue weighted by Gasteiger charge is -2.13. The molecular formula is C15H13F2N3O2. The van der Waals surface area contributed by atoms with Crippen molar-refractivity contribution in [2.24, 2.45) is 5.73 Å². The van der Waals surface area contributed by atoms with E-state index in [9.17, 15) is 18.4 Å². The summed E-state index contributed by atoms with van der Waals surface area (Å²) in [7, 11) is 0. The number of ketones is 1. The van der Waals surface area contributed by atoms with E-state index in [4.69, 9.17) is 5.73 Å². The summed E-state index contributed by atoms with van der Waals surface area (Å²) in [6.45, 7) is 0.00894. The van der Waals surface area contributed by atoms with Gasteiger partial charge in [0.25, 0.3) is 5.91 Å². The molecule has 114 valence electrons. The summed E-state index contributed by atoms with van der Waals surface area (Å²) in [5.41, 5.74) is 6.22. The van der Waals surface area contributed by atoms with E-state index < -0.39 is 17.5 Å². The lowest BCUT2D eigenvalue weighted by Crippen LogP contribution is -2.18. The third kappa shape index (κ3) is 2.38. The summed E-state index contributed by atoms with van der Waals surface area (Å²) in [5.74, 6) is -2.34. The maximum Gasteiger partial charge on any atom is 0.269 e. The first kappa shape index (κ1) is 14.4. The van der Waals surface area contributed by atoms with Crippen LogP contribution in [0.15, 0.2) is 18.2 Å². The van der Waals surface area contributed by atoms with Crippen molar-refractivity contribution in [2.45, 2.75) is 25.8 Å². The molecule has 2 aromatic rings. The normalized spacial score (nSPS) is 14.0. The summed E-state index contributed by atoms with van der Waals surface area (Å²) < 4.78 is 28.1. The topological polar surface area (TPSA) is 78.0 Å². The fourth-order valence-corrected chi connectivity index (χ4v) is 2.70. The number of carbonyl (C=O) groups is 2. The first-order chi connectivity index (χ1) is 10.5. The third-order valence-corrected chi connectivity index (χ3v) is 3.72. The number of primary amides is 1. The first-order valence-electron chi connectivity index (χ1n) is 6.84. The summed E-state index contributed by atoms with van der Waals surface area (Å²) in [4.78, 5) is 23.5. The van der Waals surface area contributed by atoms with Gasteiger partial charge in [-0.1, -0.05) is 6.07 Å². The Bertz CT molecular complexity index is 783. The van der Waals surface area contributed by atoms with Crippen molar-refractivity contribution in [1.29, 1.82) is 0 Å². The predicted octanol–water partition coefficient (Wildman–Crippen LogP) is 1.83. The van der Waals surface area contributed by atoms with Crippen LogP contribution >= 0.6 is 0 Å². The van der Waals surface area contributed by atoms with Crippen molar-refractivity contribution in [2.75, 3.05) is 0 Å². The van der Waals surface area contributed by atoms with Crippen molar-refractivity contribution >= 4 is 11.7 Å². The van der Waals surface area contributed by atoms with Crippen LogP contribution in [0.5, 0.6) is 0 Å². The molecule has 1 aliphatic rings. The highest BCUT2D eigenvalue weighted by Crippen LogP contribution is 2.25. The second kappa shape index (κ2) is 5.32. The molecule has 0 radical (unpaired) electrons. The van der Waals surface area contributed by atoms with Crippen LogP contribution in [-0.2, 0) is 13.0 Å². The van der Waals surface area contributed by atoms with Gasteiger partial charge in [0.1, 0.15) is 11.6 Å². The Morgan fingerprint density at radius 2 is 2.09 bits per heavy atom. The molecule has 1 aromatic carbocycles. The van der Waals surface area contributed by atoms with Crippen LogP contribution in [0, 0.1) is 11.6 Å². The second-order valence-electron chi connectivity index (χ2n) is 5.20. The maximum atomic E-state index is 13.8. The minimum Gasteiger partial charge on any atom is -0.364 e. The van der Waals surface area contributed by atoms with Gasteiger partial charge < -0.3 is 5.73 Å². The summed E-state index contributed by atoms with van der Waals surface area (Å²) in [6.07, 6.45) is 1.54. The van der Waals surface area contributed by atoms with Crippen molar-refractivity contribution in [3.05, 3.63) is 52.3 Å². The molecule has 0 spiro atoms. The molecule has 5 nitrogen and oxygen atoms in total. The number of halogens is 2. The van der Waals surface area contributed by atoms with Crippen molar-refractivity contribution in [3.8, 4) is 0 Å². The van der Waals surface area contributed by atoms with E-state index in [2.05, 4.69) is 5.10 Å². The summed E-state index contributed by atoms with van der Waals surface area (Å²) in [5, 5.41) is 4.06. The highest BCUT2D eigenvalue weighted by Gasteiger charge is 2.29. The Balaban J connectivity index is 2.06. The molecule has 1 aliphatic carbocycles. The van der Waals surface area contributed by atoms with Crippen molar-refractivity contribution in [3.63, 3.8) is 0 Å². The van der Waals surface area contributed by atoms with E-state index >= 15 is 0 Å². The number of aromatic nitrogens is 2. The zero-order valence-electron chi connectivity index (χ0n) is 11.6. The van der Waals surface area contributed by atoms with Crippen molar-refractivity contribution < 1.29 is 18.4 Å².